The number of anilines is 1. The Kier molecular flexibility index (Phi) is 5.66. The van der Waals surface area contributed by atoms with E-state index in [-0.39, 0.29) is 11.7 Å². The third-order valence-corrected chi connectivity index (χ3v) is 6.23. The molecule has 3 aromatic rings. The Morgan fingerprint density at radius 2 is 1.90 bits per heavy atom. The highest BCUT2D eigenvalue weighted by Gasteiger charge is 2.22. The van der Waals surface area contributed by atoms with Gasteiger partial charge in [0.25, 0.3) is 0 Å². The predicted octanol–water partition coefficient (Wildman–Crippen LogP) is 3.63. The molecule has 0 radical (unpaired) electrons. The average Bonchev–Trinajstić information content (AvgIpc) is 3.44. The zero-order chi connectivity index (χ0) is 20.4. The van der Waals surface area contributed by atoms with Crippen molar-refractivity contribution in [1.82, 2.24) is 30.0 Å². The maximum Gasteiger partial charge on any atom is 0.234 e. The largest absolute Gasteiger partial charge is 0.322 e. The van der Waals surface area contributed by atoms with E-state index in [0.717, 1.165) is 35.6 Å². The minimum Gasteiger partial charge on any atom is -0.322 e. The van der Waals surface area contributed by atoms with E-state index >= 15 is 0 Å². The number of tetrazole rings is 1. The third kappa shape index (κ3) is 4.19. The van der Waals surface area contributed by atoms with Crippen molar-refractivity contribution >= 4 is 23.4 Å². The third-order valence-electron chi connectivity index (χ3n) is 5.30. The molecular formula is C20H25N7OS. The molecule has 0 unspecified atom stereocenters. The molecule has 9 heteroatoms. The molecule has 1 aliphatic carbocycles. The lowest BCUT2D eigenvalue weighted by atomic mass is 10.2. The second-order valence-electron chi connectivity index (χ2n) is 7.47. The number of nitrogens with zero attached hydrogens (tertiary/aromatic N) is 6. The van der Waals surface area contributed by atoms with Gasteiger partial charge in [-0.25, -0.2) is 9.36 Å². The second kappa shape index (κ2) is 8.36. The summed E-state index contributed by atoms with van der Waals surface area (Å²) >= 11 is 1.37. The molecule has 29 heavy (non-hydrogen) atoms. The van der Waals surface area contributed by atoms with Crippen molar-refractivity contribution in [3.05, 3.63) is 41.2 Å². The fourth-order valence-electron chi connectivity index (χ4n) is 3.73. The van der Waals surface area contributed by atoms with Crippen LogP contribution in [0.5, 0.6) is 0 Å². The van der Waals surface area contributed by atoms with Crippen molar-refractivity contribution in [2.45, 2.75) is 57.7 Å². The molecule has 1 aliphatic rings. The molecule has 0 spiro atoms. The van der Waals surface area contributed by atoms with Crippen LogP contribution in [-0.4, -0.2) is 41.6 Å². The van der Waals surface area contributed by atoms with Crippen LogP contribution < -0.4 is 5.32 Å². The van der Waals surface area contributed by atoms with Crippen LogP contribution in [0, 0.1) is 20.8 Å². The monoisotopic (exact) mass is 411 g/mol. The molecule has 1 amide bonds. The smallest absolute Gasteiger partial charge is 0.234 e. The Bertz CT molecular complexity index is 1000. The summed E-state index contributed by atoms with van der Waals surface area (Å²) in [4.78, 5) is 12.6. The number of hydrogen-bond acceptors (Lipinski definition) is 6. The van der Waals surface area contributed by atoms with Crippen LogP contribution in [0.4, 0.5) is 5.69 Å². The van der Waals surface area contributed by atoms with Gasteiger partial charge in [-0.05, 0) is 56.2 Å². The quantitative estimate of drug-likeness (QED) is 0.623. The van der Waals surface area contributed by atoms with Gasteiger partial charge in [-0.1, -0.05) is 42.3 Å². The predicted molar refractivity (Wildman–Crippen MR) is 112 cm³/mol. The van der Waals surface area contributed by atoms with E-state index in [1.54, 1.807) is 0 Å². The van der Waals surface area contributed by atoms with Gasteiger partial charge in [0.05, 0.1) is 34.6 Å². The van der Waals surface area contributed by atoms with Gasteiger partial charge in [0.1, 0.15) is 0 Å². The van der Waals surface area contributed by atoms with E-state index < -0.39 is 0 Å². The molecule has 1 saturated carbocycles. The molecule has 0 saturated heterocycles. The van der Waals surface area contributed by atoms with E-state index in [2.05, 4.69) is 45.0 Å². The lowest BCUT2D eigenvalue weighted by Gasteiger charge is -2.11. The molecule has 4 rings (SSSR count). The molecule has 152 valence electrons. The fourth-order valence-corrected chi connectivity index (χ4v) is 4.47. The SMILES string of the molecule is Cc1ccc(-n2nc(C)c(NC(=O)CSc3nnnn3C3CCCC3)c2C)cc1. The molecule has 1 fully saturated rings. The Labute approximate surface area is 174 Å². The Morgan fingerprint density at radius 3 is 2.62 bits per heavy atom. The number of aryl methyl sites for hydroxylation is 2. The van der Waals surface area contributed by atoms with Crippen molar-refractivity contribution in [2.75, 3.05) is 11.1 Å². The van der Waals surface area contributed by atoms with Crippen LogP contribution in [-0.2, 0) is 4.79 Å². The first-order valence-electron chi connectivity index (χ1n) is 9.86. The zero-order valence-corrected chi connectivity index (χ0v) is 17.7. The Balaban J connectivity index is 1.43. The summed E-state index contributed by atoms with van der Waals surface area (Å²) < 4.78 is 3.73. The van der Waals surface area contributed by atoms with Crippen LogP contribution in [0.1, 0.15) is 48.7 Å². The van der Waals surface area contributed by atoms with Gasteiger partial charge in [0.15, 0.2) is 0 Å². The molecule has 1 N–H and O–H groups in total. The summed E-state index contributed by atoms with van der Waals surface area (Å²) in [5.74, 6) is 0.160. The van der Waals surface area contributed by atoms with E-state index in [1.807, 2.05) is 35.3 Å². The van der Waals surface area contributed by atoms with Gasteiger partial charge in [0, 0.05) is 0 Å². The molecular weight excluding hydrogens is 386 g/mol. The first-order chi connectivity index (χ1) is 14.0. The van der Waals surface area contributed by atoms with Gasteiger partial charge in [0.2, 0.25) is 11.1 Å². The van der Waals surface area contributed by atoms with Crippen molar-refractivity contribution in [1.29, 1.82) is 0 Å². The van der Waals surface area contributed by atoms with E-state index in [1.165, 1.54) is 30.2 Å². The Morgan fingerprint density at radius 1 is 1.17 bits per heavy atom. The van der Waals surface area contributed by atoms with Gasteiger partial charge >= 0.3 is 0 Å². The fraction of sp³-hybridized carbons (Fsp3) is 0.450. The van der Waals surface area contributed by atoms with Crippen molar-refractivity contribution in [3.63, 3.8) is 0 Å². The van der Waals surface area contributed by atoms with Crippen LogP contribution in [0.2, 0.25) is 0 Å². The topological polar surface area (TPSA) is 90.5 Å². The second-order valence-corrected chi connectivity index (χ2v) is 8.42. The van der Waals surface area contributed by atoms with Crippen LogP contribution in [0.15, 0.2) is 29.4 Å². The van der Waals surface area contributed by atoms with E-state index in [0.29, 0.717) is 11.2 Å². The van der Waals surface area contributed by atoms with Gasteiger partial charge in [-0.15, -0.1) is 5.10 Å². The first-order valence-corrected chi connectivity index (χ1v) is 10.9. The number of thioether (sulfide) groups is 1. The highest BCUT2D eigenvalue weighted by Crippen LogP contribution is 2.31. The van der Waals surface area contributed by atoms with Gasteiger partial charge in [-0.2, -0.15) is 5.10 Å². The maximum absolute atomic E-state index is 12.6. The van der Waals surface area contributed by atoms with Crippen LogP contribution in [0.25, 0.3) is 5.69 Å². The number of rotatable bonds is 6. The maximum atomic E-state index is 12.6. The van der Waals surface area contributed by atoms with Crippen molar-refractivity contribution in [2.24, 2.45) is 0 Å². The molecule has 2 aromatic heterocycles. The highest BCUT2D eigenvalue weighted by atomic mass is 32.2. The summed E-state index contributed by atoms with van der Waals surface area (Å²) in [6.45, 7) is 5.92. The van der Waals surface area contributed by atoms with Crippen molar-refractivity contribution < 1.29 is 4.79 Å². The number of amides is 1. The number of carbonyl (C=O) groups is 1. The highest BCUT2D eigenvalue weighted by molar-refractivity contribution is 7.99. The summed E-state index contributed by atoms with van der Waals surface area (Å²) in [6, 6.07) is 8.51. The first kappa shape index (κ1) is 19.6. The van der Waals surface area contributed by atoms with Crippen molar-refractivity contribution in [3.8, 4) is 5.69 Å². The number of hydrogen-bond donors (Lipinski definition) is 1. The minimum absolute atomic E-state index is 0.0920. The van der Waals surface area contributed by atoms with Gasteiger partial charge < -0.3 is 5.32 Å². The summed E-state index contributed by atoms with van der Waals surface area (Å²) in [6.07, 6.45) is 4.61. The number of aromatic nitrogens is 6. The van der Waals surface area contributed by atoms with E-state index in [4.69, 9.17) is 0 Å². The number of benzene rings is 1. The van der Waals surface area contributed by atoms with Crippen LogP contribution >= 0.6 is 11.8 Å². The molecule has 1 aromatic carbocycles. The summed E-state index contributed by atoms with van der Waals surface area (Å²) in [5.41, 5.74) is 4.62. The summed E-state index contributed by atoms with van der Waals surface area (Å²) in [7, 11) is 0. The molecule has 0 aliphatic heterocycles. The zero-order valence-electron chi connectivity index (χ0n) is 16.9. The van der Waals surface area contributed by atoms with E-state index in [9.17, 15) is 4.79 Å². The normalized spacial score (nSPS) is 14.4. The molecule has 0 atom stereocenters. The number of carbonyl (C=O) groups excluding carboxylic acids is 1. The molecule has 8 nitrogen and oxygen atoms in total. The van der Waals surface area contributed by atoms with Crippen LogP contribution in [0.3, 0.4) is 0 Å². The van der Waals surface area contributed by atoms with Gasteiger partial charge in [-0.3, -0.25) is 4.79 Å². The summed E-state index contributed by atoms with van der Waals surface area (Å²) in [5, 5.41) is 20.3. The number of nitrogens with one attached hydrogen (secondary N) is 1. The lowest BCUT2D eigenvalue weighted by molar-refractivity contribution is -0.113. The average molecular weight is 412 g/mol. The lowest BCUT2D eigenvalue weighted by Crippen LogP contribution is -2.16. The molecule has 2 heterocycles. The molecule has 0 bridgehead atoms. The minimum atomic E-state index is -0.0920. The standard InChI is InChI=1S/C20H25N7OS/c1-13-8-10-17(11-9-13)26-15(3)19(14(2)23-26)21-18(28)12-29-20-22-24-25-27(20)16-6-4-5-7-16/h8-11,16H,4-7,12H2,1-3H3,(H,21,28). The Hall–Kier alpha value is -2.68.